The maximum atomic E-state index is 13.0. The van der Waals surface area contributed by atoms with Crippen molar-refractivity contribution in [2.75, 3.05) is 13.2 Å². The summed E-state index contributed by atoms with van der Waals surface area (Å²) >= 11 is 0. The third-order valence-electron chi connectivity index (χ3n) is 6.61. The van der Waals surface area contributed by atoms with Gasteiger partial charge in [-0.3, -0.25) is 0 Å². The number of hydrogen-bond donors (Lipinski definition) is 2. The molecular formula is C23H26N2O3. The van der Waals surface area contributed by atoms with Crippen LogP contribution in [0.3, 0.4) is 0 Å². The molecule has 2 N–H and O–H groups in total. The number of para-hydroxylation sites is 1. The van der Waals surface area contributed by atoms with Crippen molar-refractivity contribution in [1.29, 1.82) is 0 Å². The zero-order chi connectivity index (χ0) is 19.1. The predicted molar refractivity (Wildman–Crippen MR) is 106 cm³/mol. The summed E-state index contributed by atoms with van der Waals surface area (Å²) in [5, 5.41) is 6.47. The highest BCUT2D eigenvalue weighted by Gasteiger charge is 2.47. The van der Waals surface area contributed by atoms with Crippen LogP contribution in [0.4, 0.5) is 4.79 Å². The Balaban J connectivity index is 1.37. The highest BCUT2D eigenvalue weighted by Crippen LogP contribution is 2.51. The molecule has 3 atom stereocenters. The van der Waals surface area contributed by atoms with E-state index in [1.54, 1.807) is 0 Å². The number of rotatable bonds is 2. The maximum absolute atomic E-state index is 13.0. The van der Waals surface area contributed by atoms with Gasteiger partial charge in [-0.1, -0.05) is 42.5 Å². The molecule has 2 amide bonds. The molecule has 146 valence electrons. The number of carbonyl (C=O) groups is 1. The molecule has 28 heavy (non-hydrogen) atoms. The zero-order valence-corrected chi connectivity index (χ0v) is 16.1. The molecular weight excluding hydrogens is 352 g/mol. The van der Waals surface area contributed by atoms with Crippen LogP contribution < -0.4 is 15.4 Å². The molecule has 0 radical (unpaired) electrons. The molecule has 0 aromatic heterocycles. The van der Waals surface area contributed by atoms with E-state index < -0.39 is 0 Å². The van der Waals surface area contributed by atoms with Crippen LogP contribution in [-0.2, 0) is 11.2 Å². The highest BCUT2D eigenvalue weighted by molar-refractivity contribution is 5.76. The van der Waals surface area contributed by atoms with Crippen LogP contribution in [0.1, 0.15) is 48.5 Å². The van der Waals surface area contributed by atoms with Crippen molar-refractivity contribution in [3.05, 3.63) is 65.2 Å². The van der Waals surface area contributed by atoms with E-state index in [0.29, 0.717) is 0 Å². The third kappa shape index (κ3) is 2.85. The predicted octanol–water partition coefficient (Wildman–Crippen LogP) is 3.90. The molecule has 5 nitrogen and oxygen atoms in total. The second kappa shape index (κ2) is 6.82. The third-order valence-corrected chi connectivity index (χ3v) is 6.61. The summed E-state index contributed by atoms with van der Waals surface area (Å²) < 4.78 is 11.5. The average molecular weight is 378 g/mol. The Bertz CT molecular complexity index is 891. The summed E-state index contributed by atoms with van der Waals surface area (Å²) in [5.41, 5.74) is 3.68. The van der Waals surface area contributed by atoms with Crippen LogP contribution >= 0.6 is 0 Å². The molecule has 0 saturated carbocycles. The fourth-order valence-electron chi connectivity index (χ4n) is 5.14. The summed E-state index contributed by atoms with van der Waals surface area (Å²) in [4.78, 5) is 13.0. The Labute approximate surface area is 165 Å². The lowest BCUT2D eigenvalue weighted by Gasteiger charge is -2.39. The topological polar surface area (TPSA) is 59.6 Å². The van der Waals surface area contributed by atoms with Gasteiger partial charge in [0.05, 0.1) is 12.1 Å². The van der Waals surface area contributed by atoms with Crippen molar-refractivity contribution in [3.8, 4) is 5.75 Å². The van der Waals surface area contributed by atoms with Crippen molar-refractivity contribution in [1.82, 2.24) is 10.6 Å². The Morgan fingerprint density at radius 2 is 1.71 bits per heavy atom. The molecule has 3 aliphatic rings. The highest BCUT2D eigenvalue weighted by atomic mass is 16.5. The van der Waals surface area contributed by atoms with Crippen molar-refractivity contribution in [2.24, 2.45) is 5.41 Å². The number of amides is 2. The maximum Gasteiger partial charge on any atom is 0.315 e. The van der Waals surface area contributed by atoms with Gasteiger partial charge in [-0.15, -0.1) is 0 Å². The van der Waals surface area contributed by atoms with Crippen molar-refractivity contribution in [3.63, 3.8) is 0 Å². The number of benzene rings is 2. The van der Waals surface area contributed by atoms with E-state index in [0.717, 1.165) is 43.8 Å². The lowest BCUT2D eigenvalue weighted by Crippen LogP contribution is -2.47. The van der Waals surface area contributed by atoms with E-state index in [1.165, 1.54) is 11.1 Å². The number of carbonyl (C=O) groups excluding carboxylic acids is 1. The first-order valence-electron chi connectivity index (χ1n) is 10.1. The minimum Gasteiger partial charge on any atom is -0.488 e. The number of urea groups is 1. The molecule has 5 rings (SSSR count). The average Bonchev–Trinajstić information content (AvgIpc) is 3.17. The van der Waals surface area contributed by atoms with Gasteiger partial charge >= 0.3 is 6.03 Å². The summed E-state index contributed by atoms with van der Waals surface area (Å²) in [5.74, 6) is 0.854. The summed E-state index contributed by atoms with van der Waals surface area (Å²) in [6.45, 7) is 3.51. The number of fused-ring (bicyclic) bond motifs is 2. The standard InChI is InChI=1S/C23H26N2O3/c1-15-20(18-8-4-5-9-19(18)28-15)24-22(26)25-21-17-7-3-2-6-16(17)14-23(21)10-12-27-13-11-23/h2-9,15,20-21H,10-14H2,1H3,(H2,24,25,26). The van der Waals surface area contributed by atoms with E-state index in [1.807, 2.05) is 31.2 Å². The lowest BCUT2D eigenvalue weighted by atomic mass is 9.74. The second-order valence-electron chi connectivity index (χ2n) is 8.24. The smallest absolute Gasteiger partial charge is 0.315 e. The van der Waals surface area contributed by atoms with Gasteiger partial charge in [0, 0.05) is 24.2 Å². The molecule has 5 heteroatoms. The fourth-order valence-corrected chi connectivity index (χ4v) is 5.14. The van der Waals surface area contributed by atoms with Crippen molar-refractivity contribution < 1.29 is 14.3 Å². The SMILES string of the molecule is CC1Oc2ccccc2C1NC(=O)NC1c2ccccc2CC12CCOCC2. The van der Waals surface area contributed by atoms with Gasteiger partial charge in [0.15, 0.2) is 0 Å². The first-order valence-corrected chi connectivity index (χ1v) is 10.1. The Hall–Kier alpha value is -2.53. The number of hydrogen-bond acceptors (Lipinski definition) is 3. The van der Waals surface area contributed by atoms with Gasteiger partial charge in [-0.2, -0.15) is 0 Å². The van der Waals surface area contributed by atoms with Gasteiger partial charge in [0.2, 0.25) is 0 Å². The minimum absolute atomic E-state index is 0.0143. The Morgan fingerprint density at radius 1 is 1.00 bits per heavy atom. The fraction of sp³-hybridized carbons (Fsp3) is 0.435. The zero-order valence-electron chi connectivity index (χ0n) is 16.1. The first-order chi connectivity index (χ1) is 13.7. The minimum atomic E-state index is -0.140. The van der Waals surface area contributed by atoms with Crippen LogP contribution in [0.25, 0.3) is 0 Å². The molecule has 1 spiro atoms. The van der Waals surface area contributed by atoms with E-state index in [4.69, 9.17) is 9.47 Å². The number of ether oxygens (including phenoxy) is 2. The van der Waals surface area contributed by atoms with Crippen LogP contribution in [0, 0.1) is 5.41 Å². The van der Waals surface area contributed by atoms with Crippen molar-refractivity contribution >= 4 is 6.03 Å². The molecule has 3 unspecified atom stereocenters. The largest absolute Gasteiger partial charge is 0.488 e. The lowest BCUT2D eigenvalue weighted by molar-refractivity contribution is 0.00203. The van der Waals surface area contributed by atoms with E-state index >= 15 is 0 Å². The van der Waals surface area contributed by atoms with Gasteiger partial charge < -0.3 is 20.1 Å². The number of nitrogens with one attached hydrogen (secondary N) is 2. The molecule has 2 aromatic carbocycles. The first kappa shape index (κ1) is 17.6. The molecule has 2 aromatic rings. The van der Waals surface area contributed by atoms with Crippen LogP contribution in [0.2, 0.25) is 0 Å². The summed E-state index contributed by atoms with van der Waals surface area (Å²) in [6.07, 6.45) is 2.86. The normalized spacial score (nSPS) is 27.0. The Kier molecular flexibility index (Phi) is 4.27. The summed E-state index contributed by atoms with van der Waals surface area (Å²) in [6, 6.07) is 16.1. The van der Waals surface area contributed by atoms with Gasteiger partial charge in [0.25, 0.3) is 0 Å². The second-order valence-corrected chi connectivity index (χ2v) is 8.24. The molecule has 2 aliphatic heterocycles. The monoisotopic (exact) mass is 378 g/mol. The quantitative estimate of drug-likeness (QED) is 0.833. The van der Waals surface area contributed by atoms with Crippen LogP contribution in [0.15, 0.2) is 48.5 Å². The van der Waals surface area contributed by atoms with Gasteiger partial charge in [0.1, 0.15) is 11.9 Å². The van der Waals surface area contributed by atoms with Crippen molar-refractivity contribution in [2.45, 2.75) is 44.4 Å². The molecule has 1 saturated heterocycles. The molecule has 1 fully saturated rings. The Morgan fingerprint density at radius 3 is 2.54 bits per heavy atom. The van der Waals surface area contributed by atoms with Gasteiger partial charge in [-0.05, 0) is 43.4 Å². The molecule has 1 aliphatic carbocycles. The van der Waals surface area contributed by atoms with Gasteiger partial charge in [-0.25, -0.2) is 4.79 Å². The van der Waals surface area contributed by atoms with E-state index in [9.17, 15) is 4.79 Å². The molecule has 0 bridgehead atoms. The van der Waals surface area contributed by atoms with Crippen LogP contribution in [0.5, 0.6) is 5.75 Å². The van der Waals surface area contributed by atoms with E-state index in [2.05, 4.69) is 34.9 Å². The molecule has 2 heterocycles. The summed E-state index contributed by atoms with van der Waals surface area (Å²) in [7, 11) is 0. The van der Waals surface area contributed by atoms with Crippen LogP contribution in [-0.4, -0.2) is 25.3 Å². The van der Waals surface area contributed by atoms with E-state index in [-0.39, 0.29) is 29.6 Å².